The predicted octanol–water partition coefficient (Wildman–Crippen LogP) is 2.98. The van der Waals surface area contributed by atoms with Gasteiger partial charge in [-0.3, -0.25) is 4.79 Å². The minimum absolute atomic E-state index is 0.252. The molecule has 0 atom stereocenters. The third-order valence-electron chi connectivity index (χ3n) is 4.15. The van der Waals surface area contributed by atoms with Gasteiger partial charge in [0.1, 0.15) is 0 Å². The maximum Gasteiger partial charge on any atom is 0.220 e. The third-order valence-corrected chi connectivity index (χ3v) is 4.15. The molecule has 1 aliphatic rings. The average molecular weight is 254 g/mol. The summed E-state index contributed by atoms with van der Waals surface area (Å²) in [6, 6.07) is 0.448. The number of unbranched alkanes of at least 4 members (excludes halogenated alkanes) is 3. The predicted molar refractivity (Wildman–Crippen MR) is 76.3 cm³/mol. The van der Waals surface area contributed by atoms with E-state index in [9.17, 15) is 4.79 Å². The Bertz CT molecular complexity index is 223. The first-order chi connectivity index (χ1) is 8.76. The van der Waals surface area contributed by atoms with E-state index in [1.165, 1.54) is 32.1 Å². The van der Waals surface area contributed by atoms with Crippen molar-refractivity contribution in [2.45, 2.75) is 77.2 Å². The standard InChI is InChI=1S/C15H30N2O/c1-2-13-8-10-14(11-9-13)17-15(18)7-5-3-4-6-12-16/h13-14H,2-12,16H2,1H3,(H,17,18). The summed E-state index contributed by atoms with van der Waals surface area (Å²) in [4.78, 5) is 11.8. The van der Waals surface area contributed by atoms with Gasteiger partial charge in [0.2, 0.25) is 5.91 Å². The number of carbonyl (C=O) groups is 1. The zero-order valence-electron chi connectivity index (χ0n) is 11.9. The Balaban J connectivity index is 2.02. The van der Waals surface area contributed by atoms with Crippen LogP contribution >= 0.6 is 0 Å². The van der Waals surface area contributed by atoms with Gasteiger partial charge in [0, 0.05) is 12.5 Å². The summed E-state index contributed by atoms with van der Waals surface area (Å²) >= 11 is 0. The molecule has 0 aromatic heterocycles. The lowest BCUT2D eigenvalue weighted by atomic mass is 9.84. The van der Waals surface area contributed by atoms with Crippen molar-refractivity contribution in [2.75, 3.05) is 6.54 Å². The van der Waals surface area contributed by atoms with Crippen LogP contribution in [-0.2, 0) is 4.79 Å². The number of hydrogen-bond donors (Lipinski definition) is 2. The second-order valence-corrected chi connectivity index (χ2v) is 5.65. The molecule has 1 aliphatic carbocycles. The van der Waals surface area contributed by atoms with E-state index in [-0.39, 0.29) is 5.91 Å². The van der Waals surface area contributed by atoms with Gasteiger partial charge in [-0.2, -0.15) is 0 Å². The van der Waals surface area contributed by atoms with Crippen molar-refractivity contribution in [3.8, 4) is 0 Å². The molecule has 1 fully saturated rings. The highest BCUT2D eigenvalue weighted by Crippen LogP contribution is 2.26. The van der Waals surface area contributed by atoms with E-state index in [0.29, 0.717) is 12.5 Å². The van der Waals surface area contributed by atoms with Crippen LogP contribution in [0.2, 0.25) is 0 Å². The first kappa shape index (κ1) is 15.5. The topological polar surface area (TPSA) is 55.1 Å². The van der Waals surface area contributed by atoms with Crippen molar-refractivity contribution in [3.05, 3.63) is 0 Å². The average Bonchev–Trinajstić information content (AvgIpc) is 2.39. The molecule has 0 bridgehead atoms. The summed E-state index contributed by atoms with van der Waals surface area (Å²) in [5, 5.41) is 3.19. The molecule has 3 heteroatoms. The van der Waals surface area contributed by atoms with Crippen LogP contribution in [0.25, 0.3) is 0 Å². The Hall–Kier alpha value is -0.570. The number of carbonyl (C=O) groups excluding carboxylic acids is 1. The van der Waals surface area contributed by atoms with Gasteiger partial charge in [-0.1, -0.05) is 26.2 Å². The van der Waals surface area contributed by atoms with Crippen LogP contribution in [0.15, 0.2) is 0 Å². The highest BCUT2D eigenvalue weighted by molar-refractivity contribution is 5.76. The van der Waals surface area contributed by atoms with Gasteiger partial charge in [0.25, 0.3) is 0 Å². The van der Waals surface area contributed by atoms with Gasteiger partial charge in [0.05, 0.1) is 0 Å². The maximum atomic E-state index is 11.8. The molecule has 0 heterocycles. The molecule has 1 saturated carbocycles. The maximum absolute atomic E-state index is 11.8. The zero-order valence-corrected chi connectivity index (χ0v) is 11.9. The fourth-order valence-electron chi connectivity index (χ4n) is 2.80. The molecule has 106 valence electrons. The second-order valence-electron chi connectivity index (χ2n) is 5.65. The molecule has 0 radical (unpaired) electrons. The lowest BCUT2D eigenvalue weighted by Gasteiger charge is -2.28. The minimum atomic E-state index is 0.252. The Kier molecular flexibility index (Phi) is 8.06. The third kappa shape index (κ3) is 6.39. The van der Waals surface area contributed by atoms with E-state index >= 15 is 0 Å². The van der Waals surface area contributed by atoms with E-state index in [1.54, 1.807) is 0 Å². The van der Waals surface area contributed by atoms with Gasteiger partial charge >= 0.3 is 0 Å². The summed E-state index contributed by atoms with van der Waals surface area (Å²) in [6.07, 6.45) is 11.3. The van der Waals surface area contributed by atoms with Gasteiger partial charge in [0.15, 0.2) is 0 Å². The summed E-state index contributed by atoms with van der Waals surface area (Å²) in [6.45, 7) is 3.04. The molecule has 0 aromatic carbocycles. The van der Waals surface area contributed by atoms with Gasteiger partial charge < -0.3 is 11.1 Å². The fourth-order valence-corrected chi connectivity index (χ4v) is 2.80. The smallest absolute Gasteiger partial charge is 0.220 e. The molecule has 0 spiro atoms. The van der Waals surface area contributed by atoms with Gasteiger partial charge in [-0.25, -0.2) is 0 Å². The van der Waals surface area contributed by atoms with Crippen LogP contribution in [-0.4, -0.2) is 18.5 Å². The first-order valence-electron chi connectivity index (χ1n) is 7.75. The Morgan fingerprint density at radius 1 is 1.11 bits per heavy atom. The Morgan fingerprint density at radius 3 is 2.39 bits per heavy atom. The quantitative estimate of drug-likeness (QED) is 0.654. The van der Waals surface area contributed by atoms with E-state index in [0.717, 1.165) is 38.1 Å². The van der Waals surface area contributed by atoms with Crippen molar-refractivity contribution >= 4 is 5.91 Å². The monoisotopic (exact) mass is 254 g/mol. The molecular formula is C15H30N2O. The van der Waals surface area contributed by atoms with Crippen molar-refractivity contribution in [3.63, 3.8) is 0 Å². The largest absolute Gasteiger partial charge is 0.353 e. The van der Waals surface area contributed by atoms with Gasteiger partial charge in [-0.05, 0) is 51.0 Å². The summed E-state index contributed by atoms with van der Waals surface area (Å²) in [7, 11) is 0. The molecule has 3 N–H and O–H groups in total. The highest BCUT2D eigenvalue weighted by Gasteiger charge is 2.20. The molecule has 0 saturated heterocycles. The van der Waals surface area contributed by atoms with Crippen molar-refractivity contribution in [1.29, 1.82) is 0 Å². The highest BCUT2D eigenvalue weighted by atomic mass is 16.1. The molecule has 1 rings (SSSR count). The van der Waals surface area contributed by atoms with Crippen LogP contribution < -0.4 is 11.1 Å². The minimum Gasteiger partial charge on any atom is -0.353 e. The number of amides is 1. The number of nitrogens with two attached hydrogens (primary N) is 1. The number of rotatable bonds is 8. The van der Waals surface area contributed by atoms with Crippen LogP contribution in [0, 0.1) is 5.92 Å². The lowest BCUT2D eigenvalue weighted by Crippen LogP contribution is -2.37. The molecular weight excluding hydrogens is 224 g/mol. The summed E-state index contributed by atoms with van der Waals surface area (Å²) in [5.41, 5.74) is 5.44. The molecule has 0 aromatic rings. The Labute approximate surface area is 112 Å². The molecule has 18 heavy (non-hydrogen) atoms. The van der Waals surface area contributed by atoms with Crippen molar-refractivity contribution in [2.24, 2.45) is 11.7 Å². The van der Waals surface area contributed by atoms with E-state index < -0.39 is 0 Å². The van der Waals surface area contributed by atoms with Crippen LogP contribution in [0.3, 0.4) is 0 Å². The SMILES string of the molecule is CCC1CCC(NC(=O)CCCCCCN)CC1. The van der Waals surface area contributed by atoms with Gasteiger partial charge in [-0.15, -0.1) is 0 Å². The van der Waals surface area contributed by atoms with Crippen LogP contribution in [0.4, 0.5) is 0 Å². The molecule has 0 aliphatic heterocycles. The fraction of sp³-hybridized carbons (Fsp3) is 0.933. The number of nitrogens with one attached hydrogen (secondary N) is 1. The lowest BCUT2D eigenvalue weighted by molar-refractivity contribution is -0.122. The Morgan fingerprint density at radius 2 is 1.78 bits per heavy atom. The molecule has 1 amide bonds. The van der Waals surface area contributed by atoms with E-state index in [1.807, 2.05) is 0 Å². The van der Waals surface area contributed by atoms with Crippen LogP contribution in [0.5, 0.6) is 0 Å². The zero-order chi connectivity index (χ0) is 13.2. The van der Waals surface area contributed by atoms with Crippen molar-refractivity contribution in [1.82, 2.24) is 5.32 Å². The summed E-state index contributed by atoms with van der Waals surface area (Å²) < 4.78 is 0. The van der Waals surface area contributed by atoms with E-state index in [2.05, 4.69) is 12.2 Å². The molecule has 0 unspecified atom stereocenters. The van der Waals surface area contributed by atoms with Crippen molar-refractivity contribution < 1.29 is 4.79 Å². The normalized spacial score (nSPS) is 23.9. The molecule has 3 nitrogen and oxygen atoms in total. The van der Waals surface area contributed by atoms with Crippen LogP contribution in [0.1, 0.15) is 71.1 Å². The van der Waals surface area contributed by atoms with E-state index in [4.69, 9.17) is 5.73 Å². The number of hydrogen-bond acceptors (Lipinski definition) is 2. The second kappa shape index (κ2) is 9.37. The summed E-state index contributed by atoms with van der Waals surface area (Å²) in [5.74, 6) is 1.15. The first-order valence-corrected chi connectivity index (χ1v) is 7.75.